The van der Waals surface area contributed by atoms with Crippen LogP contribution < -0.4 is 5.73 Å². The van der Waals surface area contributed by atoms with Gasteiger partial charge in [-0.25, -0.2) is 0 Å². The lowest BCUT2D eigenvalue weighted by Gasteiger charge is -2.16. The van der Waals surface area contributed by atoms with Gasteiger partial charge in [-0.3, -0.25) is 0 Å². The fourth-order valence-corrected chi connectivity index (χ4v) is 2.02. The Labute approximate surface area is 108 Å². The minimum atomic E-state index is -0.140. The van der Waals surface area contributed by atoms with Crippen molar-refractivity contribution in [3.63, 3.8) is 0 Å². The van der Waals surface area contributed by atoms with Crippen molar-refractivity contribution in [2.24, 2.45) is 5.73 Å². The average molecular weight is 241 g/mol. The monoisotopic (exact) mass is 241 g/mol. The smallest absolute Gasteiger partial charge is 0.0651 e. The van der Waals surface area contributed by atoms with E-state index in [1.54, 1.807) is 0 Å². The lowest BCUT2D eigenvalue weighted by Crippen LogP contribution is -2.15. The Bertz CT molecular complexity index is 576. The Morgan fingerprint density at radius 1 is 0.944 bits per heavy atom. The highest BCUT2D eigenvalue weighted by Gasteiger charge is 2.13. The summed E-state index contributed by atoms with van der Waals surface area (Å²) in [6.45, 7) is 8.09. The maximum Gasteiger partial charge on any atom is 0.0651 e. The minimum absolute atomic E-state index is 0.140. The van der Waals surface area contributed by atoms with E-state index in [1.807, 2.05) is 19.9 Å². The van der Waals surface area contributed by atoms with Crippen LogP contribution in [0.3, 0.4) is 0 Å². The van der Waals surface area contributed by atoms with E-state index in [1.165, 1.54) is 11.1 Å². The zero-order valence-corrected chi connectivity index (χ0v) is 11.4. The number of nitrogens with two attached hydrogens (primary N) is 1. The Kier molecular flexibility index (Phi) is 3.43. The van der Waals surface area contributed by atoms with Crippen LogP contribution in [0.1, 0.15) is 39.7 Å². The van der Waals surface area contributed by atoms with Gasteiger partial charge in [0.2, 0.25) is 0 Å². The molecule has 3 heteroatoms. The topological polar surface area (TPSA) is 51.8 Å². The lowest BCUT2D eigenvalue weighted by atomic mass is 9.95. The lowest BCUT2D eigenvalue weighted by molar-refractivity contribution is 0.812. The van der Waals surface area contributed by atoms with Gasteiger partial charge in [-0.2, -0.15) is 10.2 Å². The van der Waals surface area contributed by atoms with Gasteiger partial charge in [0.05, 0.1) is 17.4 Å². The molecule has 18 heavy (non-hydrogen) atoms. The van der Waals surface area contributed by atoms with Crippen LogP contribution in [0.2, 0.25) is 0 Å². The molecule has 0 bridgehead atoms. The molecule has 1 aromatic heterocycles. The van der Waals surface area contributed by atoms with Crippen molar-refractivity contribution >= 4 is 0 Å². The van der Waals surface area contributed by atoms with Crippen LogP contribution in [0.4, 0.5) is 0 Å². The number of rotatable bonds is 2. The molecule has 1 unspecified atom stereocenters. The number of nitrogens with zero attached hydrogens (tertiary/aromatic N) is 2. The number of hydrogen-bond donors (Lipinski definition) is 1. The summed E-state index contributed by atoms with van der Waals surface area (Å²) in [5.41, 5.74) is 12.8. The van der Waals surface area contributed by atoms with E-state index in [2.05, 4.69) is 42.2 Å². The molecule has 0 radical (unpaired) electrons. The second-order valence-electron chi connectivity index (χ2n) is 4.85. The Morgan fingerprint density at radius 2 is 1.67 bits per heavy atom. The Morgan fingerprint density at radius 3 is 2.33 bits per heavy atom. The predicted molar refractivity (Wildman–Crippen MR) is 73.5 cm³/mol. The summed E-state index contributed by atoms with van der Waals surface area (Å²) >= 11 is 0. The van der Waals surface area contributed by atoms with Crippen molar-refractivity contribution in [2.45, 2.75) is 33.7 Å². The normalized spacial score (nSPS) is 12.5. The van der Waals surface area contributed by atoms with Gasteiger partial charge < -0.3 is 5.73 Å². The molecule has 0 amide bonds. The van der Waals surface area contributed by atoms with E-state index >= 15 is 0 Å². The first-order chi connectivity index (χ1) is 8.49. The van der Waals surface area contributed by atoms with E-state index in [9.17, 15) is 0 Å². The van der Waals surface area contributed by atoms with Crippen LogP contribution in [-0.2, 0) is 0 Å². The molecule has 0 spiro atoms. The highest BCUT2D eigenvalue weighted by Crippen LogP contribution is 2.23. The maximum absolute atomic E-state index is 6.34. The highest BCUT2D eigenvalue weighted by atomic mass is 15.1. The number of aromatic nitrogens is 2. The summed E-state index contributed by atoms with van der Waals surface area (Å²) in [6.07, 6.45) is 0. The first-order valence-corrected chi connectivity index (χ1v) is 6.12. The summed E-state index contributed by atoms with van der Waals surface area (Å²) in [4.78, 5) is 0. The molecule has 0 aliphatic carbocycles. The molecule has 2 N–H and O–H groups in total. The molecule has 2 rings (SSSR count). The van der Waals surface area contributed by atoms with E-state index in [-0.39, 0.29) is 6.04 Å². The molecule has 1 atom stereocenters. The van der Waals surface area contributed by atoms with Crippen LogP contribution in [-0.4, -0.2) is 10.2 Å². The largest absolute Gasteiger partial charge is 0.320 e. The van der Waals surface area contributed by atoms with Gasteiger partial charge >= 0.3 is 0 Å². The third-order valence-corrected chi connectivity index (χ3v) is 3.37. The first-order valence-electron chi connectivity index (χ1n) is 6.12. The van der Waals surface area contributed by atoms with Gasteiger partial charge in [0.1, 0.15) is 0 Å². The third-order valence-electron chi connectivity index (χ3n) is 3.37. The summed E-state index contributed by atoms with van der Waals surface area (Å²) < 4.78 is 0. The number of hydrogen-bond acceptors (Lipinski definition) is 3. The van der Waals surface area contributed by atoms with Crippen molar-refractivity contribution in [3.05, 3.63) is 57.9 Å². The van der Waals surface area contributed by atoms with Crippen LogP contribution in [0.15, 0.2) is 24.3 Å². The molecule has 0 saturated carbocycles. The van der Waals surface area contributed by atoms with Crippen LogP contribution in [0.25, 0.3) is 0 Å². The second kappa shape index (κ2) is 4.86. The van der Waals surface area contributed by atoms with Crippen molar-refractivity contribution in [1.82, 2.24) is 10.2 Å². The summed E-state index contributed by atoms with van der Waals surface area (Å²) in [5, 5.41) is 8.18. The quantitative estimate of drug-likeness (QED) is 0.879. The fraction of sp³-hybridized carbons (Fsp3) is 0.333. The molecular weight excluding hydrogens is 222 g/mol. The van der Waals surface area contributed by atoms with E-state index in [4.69, 9.17) is 5.73 Å². The molecule has 3 nitrogen and oxygen atoms in total. The van der Waals surface area contributed by atoms with Crippen molar-refractivity contribution in [3.8, 4) is 0 Å². The van der Waals surface area contributed by atoms with Crippen molar-refractivity contribution in [1.29, 1.82) is 0 Å². The third kappa shape index (κ3) is 2.41. The van der Waals surface area contributed by atoms with Gasteiger partial charge in [0, 0.05) is 0 Å². The molecule has 0 fully saturated rings. The number of benzene rings is 1. The molecule has 0 aliphatic rings. The Balaban J connectivity index is 2.44. The molecule has 0 saturated heterocycles. The molecule has 0 aliphatic heterocycles. The van der Waals surface area contributed by atoms with Gasteiger partial charge in [0.25, 0.3) is 0 Å². The van der Waals surface area contributed by atoms with E-state index < -0.39 is 0 Å². The fourth-order valence-electron chi connectivity index (χ4n) is 2.02. The zero-order valence-electron chi connectivity index (χ0n) is 11.4. The predicted octanol–water partition coefficient (Wildman–Crippen LogP) is 2.76. The summed E-state index contributed by atoms with van der Waals surface area (Å²) in [7, 11) is 0. The van der Waals surface area contributed by atoms with E-state index in [0.717, 1.165) is 22.5 Å². The minimum Gasteiger partial charge on any atom is -0.320 e. The SMILES string of the molecule is Cc1cc(C(N)c2ccc(C)c(C)c2)c(C)nn1. The molecule has 94 valence electrons. The van der Waals surface area contributed by atoms with Crippen LogP contribution >= 0.6 is 0 Å². The summed E-state index contributed by atoms with van der Waals surface area (Å²) in [6, 6.07) is 8.22. The standard InChI is InChI=1S/C15H19N3/c1-9-5-6-13(7-10(9)2)15(16)14-8-11(3)17-18-12(14)4/h5-8,15H,16H2,1-4H3. The van der Waals surface area contributed by atoms with Crippen molar-refractivity contribution in [2.75, 3.05) is 0 Å². The zero-order chi connectivity index (χ0) is 13.3. The first kappa shape index (κ1) is 12.7. The van der Waals surface area contributed by atoms with Gasteiger partial charge in [0.15, 0.2) is 0 Å². The molecule has 2 aromatic rings. The molecule has 1 heterocycles. The second-order valence-corrected chi connectivity index (χ2v) is 4.85. The van der Waals surface area contributed by atoms with Gasteiger partial charge in [-0.1, -0.05) is 18.2 Å². The van der Waals surface area contributed by atoms with Crippen molar-refractivity contribution < 1.29 is 0 Å². The number of aryl methyl sites for hydroxylation is 4. The molecular formula is C15H19N3. The maximum atomic E-state index is 6.34. The van der Waals surface area contributed by atoms with Gasteiger partial charge in [-0.05, 0) is 56.0 Å². The van der Waals surface area contributed by atoms with E-state index in [0.29, 0.717) is 0 Å². The van der Waals surface area contributed by atoms with Gasteiger partial charge in [-0.15, -0.1) is 0 Å². The Hall–Kier alpha value is -1.74. The van der Waals surface area contributed by atoms with Crippen LogP contribution in [0.5, 0.6) is 0 Å². The summed E-state index contributed by atoms with van der Waals surface area (Å²) in [5.74, 6) is 0. The average Bonchev–Trinajstić information content (AvgIpc) is 2.35. The highest BCUT2D eigenvalue weighted by molar-refractivity contribution is 5.38. The van der Waals surface area contributed by atoms with Crippen LogP contribution in [0, 0.1) is 27.7 Å². The molecule has 1 aromatic carbocycles.